The molecule has 1 amide bonds. The molecule has 5 heteroatoms. The number of thiophene rings is 1. The van der Waals surface area contributed by atoms with Gasteiger partial charge in [0.05, 0.1) is 5.71 Å². The van der Waals surface area contributed by atoms with Crippen LogP contribution in [0.25, 0.3) is 0 Å². The van der Waals surface area contributed by atoms with Gasteiger partial charge < -0.3 is 10.1 Å². The molecule has 2 heterocycles. The van der Waals surface area contributed by atoms with E-state index in [9.17, 15) is 4.79 Å². The zero-order valence-electron chi connectivity index (χ0n) is 11.9. The highest BCUT2D eigenvalue weighted by molar-refractivity contribution is 7.09. The normalized spacial score (nSPS) is 21.4. The minimum atomic E-state index is 0.218. The maximum atomic E-state index is 12.2. The van der Waals surface area contributed by atoms with Crippen LogP contribution in [0.15, 0.2) is 22.7 Å². The standard InChI is InChI=1S/C15H22N2O2S/c1-2-12-11-17(9-8-14(12)16-19)15(18)7-3-5-13-6-4-10-20-13/h4,6,10,12,19H,2-3,5,7-9,11H2,1H3/b16-14+. The van der Waals surface area contributed by atoms with E-state index in [1.165, 1.54) is 4.88 Å². The molecule has 1 unspecified atom stereocenters. The van der Waals surface area contributed by atoms with Crippen molar-refractivity contribution in [3.05, 3.63) is 22.4 Å². The van der Waals surface area contributed by atoms with Gasteiger partial charge in [-0.3, -0.25) is 4.79 Å². The molecule has 0 aliphatic carbocycles. The van der Waals surface area contributed by atoms with Gasteiger partial charge in [-0.2, -0.15) is 0 Å². The minimum absolute atomic E-state index is 0.218. The van der Waals surface area contributed by atoms with Crippen LogP contribution in [0.2, 0.25) is 0 Å². The molecule has 1 aromatic heterocycles. The minimum Gasteiger partial charge on any atom is -0.411 e. The molecular formula is C15H22N2O2S. The van der Waals surface area contributed by atoms with Crippen molar-refractivity contribution in [2.75, 3.05) is 13.1 Å². The Balaban J connectivity index is 1.78. The number of carbonyl (C=O) groups excluding carboxylic acids is 1. The molecule has 0 spiro atoms. The van der Waals surface area contributed by atoms with Crippen LogP contribution in [-0.4, -0.2) is 34.8 Å². The first-order valence-corrected chi connectivity index (χ1v) is 8.13. The summed E-state index contributed by atoms with van der Waals surface area (Å²) in [5.74, 6) is 0.451. The fraction of sp³-hybridized carbons (Fsp3) is 0.600. The van der Waals surface area contributed by atoms with Crippen molar-refractivity contribution >= 4 is 23.0 Å². The van der Waals surface area contributed by atoms with Crippen molar-refractivity contribution in [3.8, 4) is 0 Å². The van der Waals surface area contributed by atoms with E-state index in [1.807, 2.05) is 11.0 Å². The summed E-state index contributed by atoms with van der Waals surface area (Å²) >= 11 is 1.75. The summed E-state index contributed by atoms with van der Waals surface area (Å²) in [5.41, 5.74) is 0.843. The van der Waals surface area contributed by atoms with Gasteiger partial charge in [-0.05, 0) is 30.7 Å². The van der Waals surface area contributed by atoms with Crippen LogP contribution in [0.5, 0.6) is 0 Å². The molecule has 2 rings (SSSR count). The highest BCUT2D eigenvalue weighted by atomic mass is 32.1. The predicted molar refractivity (Wildman–Crippen MR) is 81.5 cm³/mol. The van der Waals surface area contributed by atoms with E-state index in [2.05, 4.69) is 23.5 Å². The van der Waals surface area contributed by atoms with Crippen LogP contribution in [-0.2, 0) is 11.2 Å². The average molecular weight is 294 g/mol. The second kappa shape index (κ2) is 7.43. The summed E-state index contributed by atoms with van der Waals surface area (Å²) in [4.78, 5) is 15.5. The summed E-state index contributed by atoms with van der Waals surface area (Å²) in [6.45, 7) is 3.46. The third-order valence-corrected chi connectivity index (χ3v) is 4.85. The van der Waals surface area contributed by atoms with E-state index in [1.54, 1.807) is 11.3 Å². The third kappa shape index (κ3) is 3.82. The Kier molecular flexibility index (Phi) is 5.59. The highest BCUT2D eigenvalue weighted by Gasteiger charge is 2.27. The van der Waals surface area contributed by atoms with E-state index >= 15 is 0 Å². The Morgan fingerprint density at radius 2 is 2.45 bits per heavy atom. The summed E-state index contributed by atoms with van der Waals surface area (Å²) in [6.07, 6.45) is 4.12. The molecule has 1 fully saturated rings. The molecule has 0 saturated carbocycles. The molecular weight excluding hydrogens is 272 g/mol. The lowest BCUT2D eigenvalue weighted by Crippen LogP contribution is -2.44. The van der Waals surface area contributed by atoms with Gasteiger partial charge in [-0.1, -0.05) is 18.1 Å². The van der Waals surface area contributed by atoms with E-state index in [4.69, 9.17) is 5.21 Å². The first-order valence-electron chi connectivity index (χ1n) is 7.25. The van der Waals surface area contributed by atoms with Gasteiger partial charge in [0.25, 0.3) is 0 Å². The quantitative estimate of drug-likeness (QED) is 0.670. The number of aryl methyl sites for hydroxylation is 1. The van der Waals surface area contributed by atoms with Gasteiger partial charge in [0.2, 0.25) is 5.91 Å². The predicted octanol–water partition coefficient (Wildman–Crippen LogP) is 3.16. The molecule has 20 heavy (non-hydrogen) atoms. The number of hydrogen-bond donors (Lipinski definition) is 1. The topological polar surface area (TPSA) is 52.9 Å². The first kappa shape index (κ1) is 15.0. The van der Waals surface area contributed by atoms with Crippen molar-refractivity contribution in [2.45, 2.75) is 39.0 Å². The van der Waals surface area contributed by atoms with Crippen LogP contribution in [0.1, 0.15) is 37.5 Å². The zero-order chi connectivity index (χ0) is 14.4. The Morgan fingerprint density at radius 1 is 1.60 bits per heavy atom. The van der Waals surface area contributed by atoms with Gasteiger partial charge in [0.1, 0.15) is 0 Å². The average Bonchev–Trinajstić information content (AvgIpc) is 2.99. The van der Waals surface area contributed by atoms with Crippen LogP contribution >= 0.6 is 11.3 Å². The molecule has 1 saturated heterocycles. The molecule has 0 aromatic carbocycles. The second-order valence-corrected chi connectivity index (χ2v) is 6.25. The molecule has 0 bridgehead atoms. The van der Waals surface area contributed by atoms with Gasteiger partial charge in [0.15, 0.2) is 0 Å². The Morgan fingerprint density at radius 3 is 3.10 bits per heavy atom. The van der Waals surface area contributed by atoms with Gasteiger partial charge in [0, 0.05) is 36.7 Å². The summed E-state index contributed by atoms with van der Waals surface area (Å²) in [7, 11) is 0. The first-order chi connectivity index (χ1) is 9.74. The summed E-state index contributed by atoms with van der Waals surface area (Å²) in [6, 6.07) is 4.17. The third-order valence-electron chi connectivity index (χ3n) is 3.92. The fourth-order valence-electron chi connectivity index (χ4n) is 2.67. The highest BCUT2D eigenvalue weighted by Crippen LogP contribution is 2.19. The number of piperidine rings is 1. The number of likely N-dealkylation sites (tertiary alicyclic amines) is 1. The maximum absolute atomic E-state index is 12.2. The van der Waals surface area contributed by atoms with Crippen molar-refractivity contribution in [1.29, 1.82) is 0 Å². The molecule has 1 aliphatic rings. The molecule has 1 N–H and O–H groups in total. The zero-order valence-corrected chi connectivity index (χ0v) is 12.7. The molecule has 1 aromatic rings. The Bertz CT molecular complexity index is 456. The Labute approximate surface area is 124 Å². The largest absolute Gasteiger partial charge is 0.411 e. The number of rotatable bonds is 5. The van der Waals surface area contributed by atoms with Crippen molar-refractivity contribution in [3.63, 3.8) is 0 Å². The van der Waals surface area contributed by atoms with Crippen LogP contribution in [0.4, 0.5) is 0 Å². The molecule has 110 valence electrons. The molecule has 0 radical (unpaired) electrons. The smallest absolute Gasteiger partial charge is 0.222 e. The van der Waals surface area contributed by atoms with Crippen LogP contribution in [0, 0.1) is 5.92 Å². The van der Waals surface area contributed by atoms with Crippen molar-refractivity contribution in [2.24, 2.45) is 11.1 Å². The lowest BCUT2D eigenvalue weighted by atomic mass is 9.93. The number of oxime groups is 1. The number of hydrogen-bond acceptors (Lipinski definition) is 4. The van der Waals surface area contributed by atoms with E-state index in [-0.39, 0.29) is 11.8 Å². The van der Waals surface area contributed by atoms with Crippen LogP contribution in [0.3, 0.4) is 0 Å². The van der Waals surface area contributed by atoms with E-state index in [0.717, 1.165) is 25.0 Å². The lowest BCUT2D eigenvalue weighted by molar-refractivity contribution is -0.132. The van der Waals surface area contributed by atoms with E-state index < -0.39 is 0 Å². The Hall–Kier alpha value is -1.36. The summed E-state index contributed by atoms with van der Waals surface area (Å²) < 4.78 is 0. The van der Waals surface area contributed by atoms with Crippen molar-refractivity contribution < 1.29 is 10.0 Å². The van der Waals surface area contributed by atoms with Crippen molar-refractivity contribution in [1.82, 2.24) is 4.90 Å². The summed E-state index contributed by atoms with van der Waals surface area (Å²) in [5, 5.41) is 14.4. The fourth-order valence-corrected chi connectivity index (χ4v) is 3.42. The SMILES string of the molecule is CCC1CN(C(=O)CCCc2cccs2)CC/C1=N\O. The number of carbonyl (C=O) groups is 1. The van der Waals surface area contributed by atoms with Crippen LogP contribution < -0.4 is 0 Å². The monoisotopic (exact) mass is 294 g/mol. The van der Waals surface area contributed by atoms with Gasteiger partial charge >= 0.3 is 0 Å². The maximum Gasteiger partial charge on any atom is 0.222 e. The van der Waals surface area contributed by atoms with Gasteiger partial charge in [-0.15, -0.1) is 11.3 Å². The molecule has 1 atom stereocenters. The number of amides is 1. The lowest BCUT2D eigenvalue weighted by Gasteiger charge is -2.33. The van der Waals surface area contributed by atoms with Gasteiger partial charge in [-0.25, -0.2) is 0 Å². The number of nitrogens with zero attached hydrogens (tertiary/aromatic N) is 2. The second-order valence-electron chi connectivity index (χ2n) is 5.22. The van der Waals surface area contributed by atoms with E-state index in [0.29, 0.717) is 25.9 Å². The molecule has 4 nitrogen and oxygen atoms in total. The molecule has 1 aliphatic heterocycles.